The zero-order chi connectivity index (χ0) is 13.9. The van der Waals surface area contributed by atoms with E-state index in [4.69, 9.17) is 10.2 Å². The molecule has 0 radical (unpaired) electrons. The molecule has 3 heterocycles. The third-order valence-corrected chi connectivity index (χ3v) is 4.00. The van der Waals surface area contributed by atoms with Gasteiger partial charge in [0.25, 0.3) is 5.92 Å². The van der Waals surface area contributed by atoms with Gasteiger partial charge in [0.2, 0.25) is 0 Å². The highest BCUT2D eigenvalue weighted by atomic mass is 19.3. The summed E-state index contributed by atoms with van der Waals surface area (Å²) in [6.07, 6.45) is 1.18. The highest BCUT2D eigenvalue weighted by Gasteiger charge is 2.38. The first kappa shape index (κ1) is 12.0. The van der Waals surface area contributed by atoms with Gasteiger partial charge in [-0.25, -0.2) is 18.7 Å². The Balaban J connectivity index is 1.83. The molecule has 0 unspecified atom stereocenters. The fraction of sp³-hybridized carbons (Fsp3) is 0.538. The van der Waals surface area contributed by atoms with Crippen LogP contribution in [-0.4, -0.2) is 35.0 Å². The van der Waals surface area contributed by atoms with E-state index < -0.39 is 5.92 Å². The van der Waals surface area contributed by atoms with Gasteiger partial charge in [-0.3, -0.25) is 0 Å². The number of halogens is 2. The molecule has 0 amide bonds. The number of anilines is 1. The average molecular weight is 280 g/mol. The van der Waals surface area contributed by atoms with Crippen LogP contribution in [0.4, 0.5) is 14.6 Å². The van der Waals surface area contributed by atoms with E-state index in [9.17, 15) is 8.78 Å². The first-order valence-electron chi connectivity index (χ1n) is 6.67. The second-order valence-corrected chi connectivity index (χ2v) is 5.58. The normalized spacial score (nSPS) is 21.9. The molecule has 1 aliphatic carbocycles. The predicted octanol–water partition coefficient (Wildman–Crippen LogP) is 1.49. The summed E-state index contributed by atoms with van der Waals surface area (Å²) in [7, 11) is 0. The summed E-state index contributed by atoms with van der Waals surface area (Å²) in [5.74, 6) is -1.39. The molecule has 0 bridgehead atoms. The lowest BCUT2D eigenvalue weighted by Crippen LogP contribution is -2.56. The molecule has 2 N–H and O–H groups in total. The van der Waals surface area contributed by atoms with Gasteiger partial charge in [0.1, 0.15) is 17.6 Å². The Bertz CT molecular complexity index is 678. The molecule has 20 heavy (non-hydrogen) atoms. The number of aryl methyl sites for hydroxylation is 1. The highest BCUT2D eigenvalue weighted by Crippen LogP contribution is 2.40. The van der Waals surface area contributed by atoms with Gasteiger partial charge in [-0.1, -0.05) is 0 Å². The number of hydrogen-bond donors (Lipinski definition) is 1. The van der Waals surface area contributed by atoms with E-state index in [0.29, 0.717) is 41.3 Å². The molecule has 1 fully saturated rings. The molecule has 2 aliphatic rings. The summed E-state index contributed by atoms with van der Waals surface area (Å²) in [4.78, 5) is 10.4. The first-order chi connectivity index (χ1) is 9.53. The van der Waals surface area contributed by atoms with Crippen molar-refractivity contribution in [2.45, 2.75) is 31.2 Å². The van der Waals surface area contributed by atoms with Crippen molar-refractivity contribution >= 4 is 16.9 Å². The van der Waals surface area contributed by atoms with E-state index in [-0.39, 0.29) is 25.3 Å². The molecule has 0 spiro atoms. The van der Waals surface area contributed by atoms with E-state index in [0.717, 1.165) is 0 Å². The summed E-state index contributed by atoms with van der Waals surface area (Å²) in [5, 5.41) is 0. The summed E-state index contributed by atoms with van der Waals surface area (Å²) in [5.41, 5.74) is 7.33. The van der Waals surface area contributed by atoms with Crippen molar-refractivity contribution in [3.8, 4) is 0 Å². The van der Waals surface area contributed by atoms with Crippen LogP contribution in [0, 0.1) is 0 Å². The largest absolute Gasteiger partial charge is 0.455 e. The maximum Gasteiger partial charge on any atom is 0.252 e. The molecule has 5 nitrogen and oxygen atoms in total. The standard InChI is InChI=1S/C13H14F2N4O/c14-13(15)2-1-9-8(3-13)10-11(20-9)12(18-6-17-10)19-4-7(16)5-19/h6-7H,1-5,16H2. The van der Waals surface area contributed by atoms with E-state index in [1.165, 1.54) is 6.33 Å². The van der Waals surface area contributed by atoms with Gasteiger partial charge in [-0.05, 0) is 0 Å². The highest BCUT2D eigenvalue weighted by molar-refractivity contribution is 5.88. The number of nitrogens with zero attached hydrogens (tertiary/aromatic N) is 3. The maximum atomic E-state index is 13.6. The summed E-state index contributed by atoms with van der Waals surface area (Å²) >= 11 is 0. The zero-order valence-corrected chi connectivity index (χ0v) is 10.8. The number of hydrogen-bond acceptors (Lipinski definition) is 5. The van der Waals surface area contributed by atoms with Gasteiger partial charge >= 0.3 is 0 Å². The van der Waals surface area contributed by atoms with Crippen molar-refractivity contribution in [2.75, 3.05) is 18.0 Å². The Labute approximate surface area is 113 Å². The second-order valence-electron chi connectivity index (χ2n) is 5.58. The topological polar surface area (TPSA) is 68.2 Å². The SMILES string of the molecule is NC1CN(c2ncnc3c4c(oc23)CCC(F)(F)C4)C1. The van der Waals surface area contributed by atoms with Crippen LogP contribution < -0.4 is 10.6 Å². The van der Waals surface area contributed by atoms with Crippen molar-refractivity contribution in [1.82, 2.24) is 9.97 Å². The van der Waals surface area contributed by atoms with E-state index in [1.54, 1.807) is 0 Å². The number of aromatic nitrogens is 2. The molecular weight excluding hydrogens is 266 g/mol. The van der Waals surface area contributed by atoms with Crippen molar-refractivity contribution in [3.05, 3.63) is 17.7 Å². The van der Waals surface area contributed by atoms with Crippen molar-refractivity contribution in [3.63, 3.8) is 0 Å². The summed E-state index contributed by atoms with van der Waals surface area (Å²) in [6.45, 7) is 1.40. The van der Waals surface area contributed by atoms with Crippen molar-refractivity contribution in [1.29, 1.82) is 0 Å². The van der Waals surface area contributed by atoms with E-state index in [2.05, 4.69) is 9.97 Å². The predicted molar refractivity (Wildman–Crippen MR) is 69.0 cm³/mol. The van der Waals surface area contributed by atoms with Crippen LogP contribution in [0.1, 0.15) is 17.7 Å². The maximum absolute atomic E-state index is 13.6. The van der Waals surface area contributed by atoms with Gasteiger partial charge < -0.3 is 15.1 Å². The summed E-state index contributed by atoms with van der Waals surface area (Å²) < 4.78 is 32.9. The lowest BCUT2D eigenvalue weighted by molar-refractivity contribution is -0.0140. The third-order valence-electron chi connectivity index (χ3n) is 4.00. The Morgan fingerprint density at radius 1 is 1.35 bits per heavy atom. The Morgan fingerprint density at radius 3 is 2.90 bits per heavy atom. The van der Waals surface area contributed by atoms with E-state index >= 15 is 0 Å². The quantitative estimate of drug-likeness (QED) is 0.857. The zero-order valence-electron chi connectivity index (χ0n) is 10.8. The fourth-order valence-electron chi connectivity index (χ4n) is 2.93. The smallest absolute Gasteiger partial charge is 0.252 e. The van der Waals surface area contributed by atoms with E-state index in [1.807, 2.05) is 4.90 Å². The van der Waals surface area contributed by atoms with Crippen LogP contribution in [-0.2, 0) is 12.8 Å². The molecule has 0 saturated carbocycles. The molecule has 0 aromatic carbocycles. The Hall–Kier alpha value is -1.76. The minimum Gasteiger partial charge on any atom is -0.455 e. The minimum absolute atomic E-state index is 0.133. The second kappa shape index (κ2) is 3.88. The molecule has 7 heteroatoms. The Morgan fingerprint density at radius 2 is 2.15 bits per heavy atom. The molecule has 2 aromatic heterocycles. The lowest BCUT2D eigenvalue weighted by Gasteiger charge is -2.37. The number of alkyl halides is 2. The molecule has 4 rings (SSSR count). The van der Waals surface area contributed by atoms with Gasteiger partial charge in [0.05, 0.1) is 0 Å². The summed E-state index contributed by atoms with van der Waals surface area (Å²) in [6, 6.07) is 0.133. The lowest BCUT2D eigenvalue weighted by atomic mass is 9.94. The number of fused-ring (bicyclic) bond motifs is 3. The first-order valence-corrected chi connectivity index (χ1v) is 6.67. The molecule has 1 aliphatic heterocycles. The van der Waals surface area contributed by atoms with Crippen LogP contribution in [0.15, 0.2) is 10.7 Å². The molecule has 0 atom stereocenters. The van der Waals surface area contributed by atoms with Crippen LogP contribution >= 0.6 is 0 Å². The van der Waals surface area contributed by atoms with Crippen LogP contribution in [0.2, 0.25) is 0 Å². The van der Waals surface area contributed by atoms with Crippen LogP contribution in [0.25, 0.3) is 11.1 Å². The van der Waals surface area contributed by atoms with Crippen molar-refractivity contribution < 1.29 is 13.2 Å². The van der Waals surface area contributed by atoms with Crippen LogP contribution in [0.5, 0.6) is 0 Å². The van der Waals surface area contributed by atoms with Gasteiger partial charge in [0, 0.05) is 44.0 Å². The molecule has 2 aromatic rings. The number of nitrogens with two attached hydrogens (primary N) is 1. The molecule has 106 valence electrons. The number of rotatable bonds is 1. The van der Waals surface area contributed by atoms with Gasteiger partial charge in [-0.15, -0.1) is 0 Å². The average Bonchev–Trinajstić information content (AvgIpc) is 2.72. The fourth-order valence-corrected chi connectivity index (χ4v) is 2.93. The molecular formula is C13H14F2N4O. The van der Waals surface area contributed by atoms with Gasteiger partial charge in [0.15, 0.2) is 11.4 Å². The third kappa shape index (κ3) is 1.69. The monoisotopic (exact) mass is 280 g/mol. The van der Waals surface area contributed by atoms with Crippen LogP contribution in [0.3, 0.4) is 0 Å². The Kier molecular flexibility index (Phi) is 2.33. The van der Waals surface area contributed by atoms with Crippen molar-refractivity contribution in [2.24, 2.45) is 5.73 Å². The molecule has 1 saturated heterocycles. The minimum atomic E-state index is -2.67. The van der Waals surface area contributed by atoms with Gasteiger partial charge in [-0.2, -0.15) is 0 Å². The number of furan rings is 1.